The molecule has 3 aliphatic heterocycles. The van der Waals surface area contributed by atoms with Crippen LogP contribution in [0.1, 0.15) is 30.5 Å². The Balaban J connectivity index is 1.34. The predicted octanol–water partition coefficient (Wildman–Crippen LogP) is 4.46. The molecule has 206 valence electrons. The van der Waals surface area contributed by atoms with Gasteiger partial charge in [-0.3, -0.25) is 0 Å². The molecule has 3 aliphatic rings. The summed E-state index contributed by atoms with van der Waals surface area (Å²) in [4.78, 5) is 16.5. The summed E-state index contributed by atoms with van der Waals surface area (Å²) in [5.41, 5.74) is 3.07. The Bertz CT molecular complexity index is 1510. The number of hydrogen-bond donors (Lipinski definition) is 0. The molecule has 0 radical (unpaired) electrons. The van der Waals surface area contributed by atoms with E-state index in [1.807, 2.05) is 12.1 Å². The zero-order chi connectivity index (χ0) is 27.1. The molecule has 6 rings (SSSR count). The SMILES string of the molecule is C=CS(=O)(=O)C1CCN(c2nc(OCC3CCCN3C)nc3c2CCN(c2cccc4cccc(Cl)c24)C3)C1. The molecule has 1 aromatic heterocycles. The Morgan fingerprint density at radius 2 is 1.92 bits per heavy atom. The fourth-order valence-electron chi connectivity index (χ4n) is 6.15. The average molecular weight is 568 g/mol. The van der Waals surface area contributed by atoms with Crippen LogP contribution in [0.25, 0.3) is 10.8 Å². The Labute approximate surface area is 235 Å². The van der Waals surface area contributed by atoms with Crippen molar-refractivity contribution in [3.63, 3.8) is 0 Å². The maximum atomic E-state index is 12.5. The fourth-order valence-corrected chi connectivity index (χ4v) is 7.52. The molecule has 0 amide bonds. The van der Waals surface area contributed by atoms with E-state index >= 15 is 0 Å². The second-order valence-corrected chi connectivity index (χ2v) is 13.3. The van der Waals surface area contributed by atoms with Gasteiger partial charge in [0.25, 0.3) is 0 Å². The molecule has 0 spiro atoms. The standard InChI is InChI=1S/C29H34ClN5O3S/c1-3-39(36,37)22-12-15-35(17-22)28-23-13-16-34(26-11-5-8-20-7-4-10-24(30)27(20)26)18-25(23)31-29(32-28)38-19-21-9-6-14-33(21)2/h3-5,7-8,10-11,21-22H,1,6,9,12-19H2,2H3. The van der Waals surface area contributed by atoms with Gasteiger partial charge in [-0.15, -0.1) is 0 Å². The van der Waals surface area contributed by atoms with Crippen LogP contribution in [0.3, 0.4) is 0 Å². The molecule has 2 aromatic carbocycles. The first-order valence-electron chi connectivity index (χ1n) is 13.6. The van der Waals surface area contributed by atoms with Gasteiger partial charge in [-0.1, -0.05) is 42.4 Å². The zero-order valence-electron chi connectivity index (χ0n) is 22.2. The minimum absolute atomic E-state index is 0.344. The first-order chi connectivity index (χ1) is 18.8. The molecule has 2 atom stereocenters. The maximum Gasteiger partial charge on any atom is 0.318 e. The number of ether oxygens (including phenoxy) is 1. The number of rotatable bonds is 7. The number of fused-ring (bicyclic) bond motifs is 2. The van der Waals surface area contributed by atoms with Crippen molar-refractivity contribution in [2.75, 3.05) is 49.6 Å². The van der Waals surface area contributed by atoms with Crippen molar-refractivity contribution in [3.05, 3.63) is 64.7 Å². The number of benzene rings is 2. The van der Waals surface area contributed by atoms with E-state index in [0.717, 1.165) is 76.3 Å². The lowest BCUT2D eigenvalue weighted by molar-refractivity contribution is 0.187. The third kappa shape index (κ3) is 5.08. The van der Waals surface area contributed by atoms with Crippen molar-refractivity contribution in [1.29, 1.82) is 0 Å². The molecule has 39 heavy (non-hydrogen) atoms. The number of sulfone groups is 1. The van der Waals surface area contributed by atoms with Gasteiger partial charge in [-0.25, -0.2) is 8.42 Å². The van der Waals surface area contributed by atoms with E-state index in [1.54, 1.807) is 0 Å². The molecule has 4 heterocycles. The van der Waals surface area contributed by atoms with Crippen LogP contribution in [0.15, 0.2) is 48.4 Å². The van der Waals surface area contributed by atoms with Crippen molar-refractivity contribution >= 4 is 43.7 Å². The van der Waals surface area contributed by atoms with Crippen LogP contribution in [0.2, 0.25) is 5.02 Å². The molecule has 0 bridgehead atoms. The molecule has 3 aromatic rings. The largest absolute Gasteiger partial charge is 0.462 e. The van der Waals surface area contributed by atoms with E-state index in [2.05, 4.69) is 52.6 Å². The highest BCUT2D eigenvalue weighted by molar-refractivity contribution is 7.94. The normalized spacial score (nSPS) is 21.9. The molecule has 0 aliphatic carbocycles. The minimum atomic E-state index is -3.35. The van der Waals surface area contributed by atoms with Crippen LogP contribution in [0, 0.1) is 0 Å². The highest BCUT2D eigenvalue weighted by Crippen LogP contribution is 2.37. The van der Waals surface area contributed by atoms with Crippen molar-refractivity contribution in [2.45, 2.75) is 43.5 Å². The summed E-state index contributed by atoms with van der Waals surface area (Å²) >= 11 is 6.66. The van der Waals surface area contributed by atoms with Gasteiger partial charge in [-0.2, -0.15) is 9.97 Å². The third-order valence-corrected chi connectivity index (χ3v) is 10.5. The summed E-state index contributed by atoms with van der Waals surface area (Å²) in [6.45, 7) is 7.51. The quantitative estimate of drug-likeness (QED) is 0.414. The van der Waals surface area contributed by atoms with Gasteiger partial charge in [0, 0.05) is 47.7 Å². The summed E-state index contributed by atoms with van der Waals surface area (Å²) in [6, 6.07) is 12.9. The monoisotopic (exact) mass is 567 g/mol. The summed E-state index contributed by atoms with van der Waals surface area (Å²) in [7, 11) is -1.22. The van der Waals surface area contributed by atoms with Gasteiger partial charge in [0.1, 0.15) is 12.4 Å². The Morgan fingerprint density at radius 1 is 1.10 bits per heavy atom. The van der Waals surface area contributed by atoms with Crippen LogP contribution in [-0.4, -0.2) is 74.4 Å². The third-order valence-electron chi connectivity index (χ3n) is 8.41. The number of likely N-dealkylation sites (N-methyl/N-ethyl adjacent to an activating group) is 1. The lowest BCUT2D eigenvalue weighted by atomic mass is 10.0. The van der Waals surface area contributed by atoms with Gasteiger partial charge in [-0.05, 0) is 56.8 Å². The van der Waals surface area contributed by atoms with Crippen LogP contribution in [0.4, 0.5) is 11.5 Å². The van der Waals surface area contributed by atoms with E-state index in [9.17, 15) is 8.42 Å². The Morgan fingerprint density at radius 3 is 2.69 bits per heavy atom. The second kappa shape index (κ2) is 10.6. The Kier molecular flexibility index (Phi) is 7.16. The molecule has 0 N–H and O–H groups in total. The fraction of sp³-hybridized carbons (Fsp3) is 0.448. The lowest BCUT2D eigenvalue weighted by Crippen LogP contribution is -2.35. The number of hydrogen-bond acceptors (Lipinski definition) is 8. The smallest absolute Gasteiger partial charge is 0.318 e. The highest BCUT2D eigenvalue weighted by Gasteiger charge is 2.35. The summed E-state index contributed by atoms with van der Waals surface area (Å²) in [6.07, 6.45) is 3.55. The number of anilines is 2. The average Bonchev–Trinajstić information content (AvgIpc) is 3.61. The van der Waals surface area contributed by atoms with Gasteiger partial charge >= 0.3 is 6.01 Å². The predicted molar refractivity (Wildman–Crippen MR) is 157 cm³/mol. The van der Waals surface area contributed by atoms with E-state index in [0.29, 0.717) is 44.7 Å². The summed E-state index contributed by atoms with van der Waals surface area (Å²) in [5, 5.41) is 3.47. The van der Waals surface area contributed by atoms with Crippen molar-refractivity contribution in [1.82, 2.24) is 14.9 Å². The van der Waals surface area contributed by atoms with Gasteiger partial charge in [0.15, 0.2) is 9.84 Å². The maximum absolute atomic E-state index is 12.5. The zero-order valence-corrected chi connectivity index (χ0v) is 23.8. The highest BCUT2D eigenvalue weighted by atomic mass is 35.5. The number of likely N-dealkylation sites (tertiary alicyclic amines) is 1. The number of aromatic nitrogens is 2. The van der Waals surface area contributed by atoms with Crippen LogP contribution < -0.4 is 14.5 Å². The lowest BCUT2D eigenvalue weighted by Gasteiger charge is -2.33. The first kappa shape index (κ1) is 26.3. The molecule has 10 heteroatoms. The van der Waals surface area contributed by atoms with Crippen molar-refractivity contribution in [2.24, 2.45) is 0 Å². The second-order valence-electron chi connectivity index (χ2n) is 10.7. The van der Waals surface area contributed by atoms with E-state index in [1.165, 1.54) is 0 Å². The Hall–Kier alpha value is -2.88. The topological polar surface area (TPSA) is 78.9 Å². The summed E-state index contributed by atoms with van der Waals surface area (Å²) in [5.74, 6) is 0.798. The van der Waals surface area contributed by atoms with Gasteiger partial charge in [0.2, 0.25) is 0 Å². The number of nitrogens with zero attached hydrogens (tertiary/aromatic N) is 5. The van der Waals surface area contributed by atoms with E-state index in [-0.39, 0.29) is 0 Å². The molecule has 2 fully saturated rings. The minimum Gasteiger partial charge on any atom is -0.462 e. The van der Waals surface area contributed by atoms with E-state index < -0.39 is 15.1 Å². The number of halogens is 1. The molecule has 2 saturated heterocycles. The van der Waals surface area contributed by atoms with Crippen LogP contribution in [-0.2, 0) is 22.8 Å². The van der Waals surface area contributed by atoms with Crippen LogP contribution >= 0.6 is 11.6 Å². The molecule has 8 nitrogen and oxygen atoms in total. The summed E-state index contributed by atoms with van der Waals surface area (Å²) < 4.78 is 31.3. The van der Waals surface area contributed by atoms with Crippen molar-refractivity contribution in [3.8, 4) is 6.01 Å². The molecule has 0 saturated carbocycles. The molecular weight excluding hydrogens is 534 g/mol. The van der Waals surface area contributed by atoms with E-state index in [4.69, 9.17) is 26.3 Å². The van der Waals surface area contributed by atoms with Crippen LogP contribution in [0.5, 0.6) is 6.01 Å². The van der Waals surface area contributed by atoms with Gasteiger partial charge in [0.05, 0.1) is 22.5 Å². The van der Waals surface area contributed by atoms with Gasteiger partial charge < -0.3 is 19.4 Å². The molecular formula is C29H34ClN5O3S. The molecule has 2 unspecified atom stereocenters. The van der Waals surface area contributed by atoms with Crippen molar-refractivity contribution < 1.29 is 13.2 Å². The first-order valence-corrected chi connectivity index (χ1v) is 15.6.